The number of nitrogens with zero attached hydrogens (tertiary/aromatic N) is 7. The SMILES string of the molecule is CN(C)C(=O)N1CCN(c2cc(S(=O)(=O)NC3(C)CC3)cc3c(=O)n(Cc4cnn(C)c4)c(Cl)nc23)CC1. The van der Waals surface area contributed by atoms with E-state index in [4.69, 9.17) is 11.6 Å². The number of rotatable bonds is 6. The molecule has 0 atom stereocenters. The number of aryl methyl sites for hydroxylation is 1. The van der Waals surface area contributed by atoms with Gasteiger partial charge in [0.05, 0.1) is 28.7 Å². The Morgan fingerprint density at radius 3 is 2.45 bits per heavy atom. The van der Waals surface area contributed by atoms with Crippen molar-refractivity contribution < 1.29 is 13.2 Å². The molecule has 14 heteroatoms. The molecule has 204 valence electrons. The fraction of sp³-hybridized carbons (Fsp3) is 0.500. The molecule has 1 N–H and O–H groups in total. The van der Waals surface area contributed by atoms with Crippen LogP contribution in [0.1, 0.15) is 25.3 Å². The summed E-state index contributed by atoms with van der Waals surface area (Å²) in [5, 5.41) is 4.29. The van der Waals surface area contributed by atoms with Crippen LogP contribution in [0.3, 0.4) is 0 Å². The standard InChI is InChI=1S/C24H31ClN8O4S/c1-24(5-6-24)28-38(36,37)17-11-18-20(19(12-17)31-7-9-32(10-8-31)23(35)29(2)3)27-22(25)33(21(18)34)15-16-13-26-30(4)14-16/h11-14,28H,5-10,15H2,1-4H3. The van der Waals surface area contributed by atoms with Gasteiger partial charge in [-0.2, -0.15) is 5.10 Å². The number of halogens is 1. The number of piperazine rings is 1. The van der Waals surface area contributed by atoms with Crippen LogP contribution in [-0.4, -0.2) is 89.4 Å². The maximum Gasteiger partial charge on any atom is 0.319 e. The lowest BCUT2D eigenvalue weighted by molar-refractivity contribution is 0.168. The van der Waals surface area contributed by atoms with Crippen molar-refractivity contribution in [1.82, 2.24) is 33.9 Å². The van der Waals surface area contributed by atoms with Crippen LogP contribution in [0.25, 0.3) is 10.9 Å². The number of aromatic nitrogens is 4. The van der Waals surface area contributed by atoms with Gasteiger partial charge in [0.1, 0.15) is 5.52 Å². The van der Waals surface area contributed by atoms with Crippen molar-refractivity contribution in [3.05, 3.63) is 45.7 Å². The van der Waals surface area contributed by atoms with Crippen molar-refractivity contribution in [2.24, 2.45) is 7.05 Å². The number of hydrogen-bond donors (Lipinski definition) is 1. The van der Waals surface area contributed by atoms with E-state index < -0.39 is 21.1 Å². The number of sulfonamides is 1. The van der Waals surface area contributed by atoms with Crippen LogP contribution in [0.4, 0.5) is 10.5 Å². The molecule has 5 rings (SSSR count). The van der Waals surface area contributed by atoms with E-state index in [-0.39, 0.29) is 28.1 Å². The predicted molar refractivity (Wildman–Crippen MR) is 144 cm³/mol. The number of hydrogen-bond acceptors (Lipinski definition) is 7. The summed E-state index contributed by atoms with van der Waals surface area (Å²) in [6.07, 6.45) is 4.91. The van der Waals surface area contributed by atoms with Crippen molar-refractivity contribution in [2.75, 3.05) is 45.2 Å². The Hall–Kier alpha value is -3.16. The van der Waals surface area contributed by atoms with E-state index in [0.717, 1.165) is 18.4 Å². The maximum atomic E-state index is 13.7. The number of carbonyl (C=O) groups excluding carboxylic acids is 1. The van der Waals surface area contributed by atoms with Crippen LogP contribution in [0.2, 0.25) is 5.28 Å². The molecule has 0 bridgehead atoms. The molecule has 3 heterocycles. The molecule has 0 unspecified atom stereocenters. The van der Waals surface area contributed by atoms with Crippen molar-refractivity contribution >= 4 is 44.2 Å². The zero-order chi connectivity index (χ0) is 27.4. The molecule has 2 aliphatic rings. The second-order valence-corrected chi connectivity index (χ2v) is 12.5. The summed E-state index contributed by atoms with van der Waals surface area (Å²) >= 11 is 6.52. The highest BCUT2D eigenvalue weighted by molar-refractivity contribution is 7.89. The first-order valence-corrected chi connectivity index (χ1v) is 14.2. The predicted octanol–water partition coefficient (Wildman–Crippen LogP) is 1.47. The summed E-state index contributed by atoms with van der Waals surface area (Å²) in [4.78, 5) is 35.9. The van der Waals surface area contributed by atoms with Gasteiger partial charge in [0.15, 0.2) is 0 Å². The molecule has 1 aliphatic heterocycles. The molecule has 1 saturated heterocycles. The molecule has 2 fully saturated rings. The quantitative estimate of drug-likeness (QED) is 0.451. The third kappa shape index (κ3) is 5.09. The van der Waals surface area contributed by atoms with Crippen molar-refractivity contribution in [3.63, 3.8) is 0 Å². The van der Waals surface area contributed by atoms with E-state index in [0.29, 0.717) is 37.4 Å². The topological polar surface area (TPSA) is 126 Å². The minimum atomic E-state index is -3.91. The molecule has 1 aliphatic carbocycles. The molecule has 2 amide bonds. The Morgan fingerprint density at radius 1 is 1.18 bits per heavy atom. The molecule has 1 saturated carbocycles. The average molecular weight is 563 g/mol. The van der Waals surface area contributed by atoms with Gasteiger partial charge in [-0.25, -0.2) is 22.9 Å². The lowest BCUT2D eigenvalue weighted by atomic mass is 10.1. The highest BCUT2D eigenvalue weighted by Crippen LogP contribution is 2.37. The van der Waals surface area contributed by atoms with Crippen molar-refractivity contribution in [1.29, 1.82) is 0 Å². The van der Waals surface area contributed by atoms with Crippen LogP contribution < -0.4 is 15.2 Å². The zero-order valence-corrected chi connectivity index (χ0v) is 23.4. The van der Waals surface area contributed by atoms with E-state index in [1.165, 1.54) is 15.5 Å². The molecule has 2 aromatic heterocycles. The van der Waals surface area contributed by atoms with Crippen molar-refractivity contribution in [3.8, 4) is 0 Å². The summed E-state index contributed by atoms with van der Waals surface area (Å²) in [5.41, 5.74) is 0.651. The Balaban J connectivity index is 1.60. The number of amides is 2. The van der Waals surface area contributed by atoms with E-state index in [1.807, 2.05) is 11.8 Å². The Bertz CT molecular complexity index is 1570. The van der Waals surface area contributed by atoms with Gasteiger partial charge < -0.3 is 14.7 Å². The molecular formula is C24H31ClN8O4S. The number of urea groups is 1. The van der Waals surface area contributed by atoms with Crippen LogP contribution in [0, 0.1) is 0 Å². The third-order valence-corrected chi connectivity index (χ3v) is 8.94. The maximum absolute atomic E-state index is 13.7. The normalized spacial score (nSPS) is 17.2. The summed E-state index contributed by atoms with van der Waals surface area (Å²) in [7, 11) is 1.27. The van der Waals surface area contributed by atoms with Crippen LogP contribution >= 0.6 is 11.6 Å². The number of carbonyl (C=O) groups is 1. The van der Waals surface area contributed by atoms with Crippen molar-refractivity contribution in [2.45, 2.75) is 36.7 Å². The van der Waals surface area contributed by atoms with Gasteiger partial charge in [-0.1, -0.05) is 0 Å². The summed E-state index contributed by atoms with van der Waals surface area (Å²) < 4.78 is 32.5. The second-order valence-electron chi connectivity index (χ2n) is 10.5. The van der Waals surface area contributed by atoms with Gasteiger partial charge in [0.2, 0.25) is 15.3 Å². The number of nitrogens with one attached hydrogen (secondary N) is 1. The van der Waals surface area contributed by atoms with Gasteiger partial charge in [-0.15, -0.1) is 0 Å². The zero-order valence-electron chi connectivity index (χ0n) is 21.8. The fourth-order valence-corrected chi connectivity index (χ4v) is 6.35. The first kappa shape index (κ1) is 26.4. The second kappa shape index (κ2) is 9.54. The number of fused-ring (bicyclic) bond motifs is 1. The molecule has 0 radical (unpaired) electrons. The van der Waals surface area contributed by atoms with E-state index in [1.54, 1.807) is 49.2 Å². The lowest BCUT2D eigenvalue weighted by Gasteiger charge is -2.37. The fourth-order valence-electron chi connectivity index (χ4n) is 4.62. The monoisotopic (exact) mass is 562 g/mol. The van der Waals surface area contributed by atoms with E-state index in [9.17, 15) is 18.0 Å². The highest BCUT2D eigenvalue weighted by atomic mass is 35.5. The molecule has 0 spiro atoms. The summed E-state index contributed by atoms with van der Waals surface area (Å²) in [5.74, 6) is 0. The van der Waals surface area contributed by atoms with Crippen LogP contribution in [0.15, 0.2) is 34.2 Å². The first-order valence-electron chi connectivity index (χ1n) is 12.3. The van der Waals surface area contributed by atoms with Gasteiger partial charge in [-0.3, -0.25) is 14.0 Å². The van der Waals surface area contributed by atoms with E-state index >= 15 is 0 Å². The minimum absolute atomic E-state index is 0.00549. The smallest absolute Gasteiger partial charge is 0.319 e. The molecule has 3 aromatic rings. The number of benzene rings is 1. The highest BCUT2D eigenvalue weighted by Gasteiger charge is 2.41. The molecule has 38 heavy (non-hydrogen) atoms. The van der Waals surface area contributed by atoms with Crippen LogP contribution in [0.5, 0.6) is 0 Å². The third-order valence-electron chi connectivity index (χ3n) is 7.03. The van der Waals surface area contributed by atoms with E-state index in [2.05, 4.69) is 14.8 Å². The van der Waals surface area contributed by atoms with Crippen LogP contribution in [-0.2, 0) is 23.6 Å². The molecular weight excluding hydrogens is 532 g/mol. The van der Waals surface area contributed by atoms with Gasteiger partial charge in [0, 0.05) is 64.6 Å². The lowest BCUT2D eigenvalue weighted by Crippen LogP contribution is -2.51. The van der Waals surface area contributed by atoms with Gasteiger partial charge >= 0.3 is 6.03 Å². The molecule has 12 nitrogen and oxygen atoms in total. The summed E-state index contributed by atoms with van der Waals surface area (Å²) in [6.45, 7) is 3.77. The van der Waals surface area contributed by atoms with Gasteiger partial charge in [-0.05, 0) is 43.5 Å². The Labute approximate surface area is 225 Å². The largest absolute Gasteiger partial charge is 0.366 e. The Morgan fingerprint density at radius 2 is 1.87 bits per heavy atom. The first-order chi connectivity index (χ1) is 17.9. The number of anilines is 1. The van der Waals surface area contributed by atoms with Gasteiger partial charge in [0.25, 0.3) is 5.56 Å². The summed E-state index contributed by atoms with van der Waals surface area (Å²) in [6, 6.07) is 2.84. The minimum Gasteiger partial charge on any atom is -0.366 e. The Kier molecular flexibility index (Phi) is 6.64. The average Bonchev–Trinajstić information content (AvgIpc) is 3.43. The molecule has 1 aromatic carbocycles.